The second kappa shape index (κ2) is 7.53. The third-order valence-electron chi connectivity index (χ3n) is 4.21. The van der Waals surface area contributed by atoms with Gasteiger partial charge in [0, 0.05) is 50.7 Å². The Morgan fingerprint density at radius 1 is 1.07 bits per heavy atom. The smallest absolute Gasteiger partial charge is 0.370 e. The molecule has 2 aromatic heterocycles. The van der Waals surface area contributed by atoms with Gasteiger partial charge in [-0.1, -0.05) is 0 Å². The first kappa shape index (κ1) is 19.1. The maximum Gasteiger partial charge on any atom is 0.417 e. The number of nitrogens with one attached hydrogen (secondary N) is 1. The van der Waals surface area contributed by atoms with Gasteiger partial charge in [-0.3, -0.25) is 0 Å². The van der Waals surface area contributed by atoms with Crippen molar-refractivity contribution in [3.63, 3.8) is 0 Å². The van der Waals surface area contributed by atoms with Crippen LogP contribution in [0.3, 0.4) is 0 Å². The van der Waals surface area contributed by atoms with Gasteiger partial charge in [0.05, 0.1) is 5.56 Å². The molecule has 2 aromatic rings. The summed E-state index contributed by atoms with van der Waals surface area (Å²) in [5, 5.41) is 3.15. The van der Waals surface area contributed by atoms with Crippen molar-refractivity contribution in [1.29, 1.82) is 0 Å². The predicted octanol–water partition coefficient (Wildman–Crippen LogP) is 3.10. The van der Waals surface area contributed by atoms with Crippen LogP contribution >= 0.6 is 0 Å². The normalized spacial score (nSPS) is 15.2. The number of alkyl halides is 3. The van der Waals surface area contributed by atoms with Crippen LogP contribution in [0.15, 0.2) is 18.3 Å². The summed E-state index contributed by atoms with van der Waals surface area (Å²) in [6.45, 7) is 6.42. The maximum atomic E-state index is 14.1. The van der Waals surface area contributed by atoms with Gasteiger partial charge in [-0.2, -0.15) is 18.2 Å². The number of aromatic nitrogens is 3. The number of pyridine rings is 1. The van der Waals surface area contributed by atoms with Crippen molar-refractivity contribution in [3.8, 4) is 0 Å². The third kappa shape index (κ3) is 4.37. The lowest BCUT2D eigenvalue weighted by atomic mass is 10.2. The highest BCUT2D eigenvalue weighted by Gasteiger charge is 2.32. The second-order valence-corrected chi connectivity index (χ2v) is 6.23. The Kier molecular flexibility index (Phi) is 5.33. The second-order valence-electron chi connectivity index (χ2n) is 6.23. The molecular formula is C17H20F4N6. The van der Waals surface area contributed by atoms with E-state index < -0.39 is 17.6 Å². The summed E-state index contributed by atoms with van der Waals surface area (Å²) >= 11 is 0. The number of piperazine rings is 1. The maximum absolute atomic E-state index is 14.1. The molecule has 1 fully saturated rings. The SMILES string of the molecule is CCNc1cc(C)nc(N2CCN(c3ncc(C(F)(F)F)cc3F)CC2)n1. The van der Waals surface area contributed by atoms with Crippen molar-refractivity contribution < 1.29 is 17.6 Å². The lowest BCUT2D eigenvalue weighted by Crippen LogP contribution is -2.47. The van der Waals surface area contributed by atoms with Gasteiger partial charge < -0.3 is 15.1 Å². The van der Waals surface area contributed by atoms with Gasteiger partial charge >= 0.3 is 6.18 Å². The summed E-state index contributed by atoms with van der Waals surface area (Å²) in [7, 11) is 0. The van der Waals surface area contributed by atoms with Crippen LogP contribution in [0.5, 0.6) is 0 Å². The van der Waals surface area contributed by atoms with Gasteiger partial charge in [-0.05, 0) is 19.9 Å². The third-order valence-corrected chi connectivity index (χ3v) is 4.21. The van der Waals surface area contributed by atoms with Crippen LogP contribution in [-0.4, -0.2) is 47.7 Å². The largest absolute Gasteiger partial charge is 0.417 e. The number of hydrogen-bond acceptors (Lipinski definition) is 6. The van der Waals surface area contributed by atoms with Crippen molar-refractivity contribution in [2.45, 2.75) is 20.0 Å². The van der Waals surface area contributed by atoms with Gasteiger partial charge in [-0.15, -0.1) is 0 Å². The van der Waals surface area contributed by atoms with Crippen molar-refractivity contribution >= 4 is 17.6 Å². The van der Waals surface area contributed by atoms with Crippen LogP contribution in [0.1, 0.15) is 18.2 Å². The van der Waals surface area contributed by atoms with Crippen LogP contribution in [-0.2, 0) is 6.18 Å². The van der Waals surface area contributed by atoms with Crippen LogP contribution in [0.25, 0.3) is 0 Å². The average molecular weight is 384 g/mol. The van der Waals surface area contributed by atoms with E-state index in [0.29, 0.717) is 44.4 Å². The van der Waals surface area contributed by atoms with Gasteiger partial charge in [0.15, 0.2) is 11.6 Å². The molecule has 0 atom stereocenters. The van der Waals surface area contributed by atoms with E-state index in [1.165, 1.54) is 0 Å². The number of halogens is 4. The molecule has 1 N–H and O–H groups in total. The molecule has 6 nitrogen and oxygen atoms in total. The summed E-state index contributed by atoms with van der Waals surface area (Å²) < 4.78 is 52.1. The molecule has 0 aromatic carbocycles. The Bertz CT molecular complexity index is 802. The number of hydrogen-bond donors (Lipinski definition) is 1. The van der Waals surface area contributed by atoms with E-state index in [9.17, 15) is 17.6 Å². The zero-order valence-electron chi connectivity index (χ0n) is 15.0. The monoisotopic (exact) mass is 384 g/mol. The molecule has 1 aliphatic rings. The summed E-state index contributed by atoms with van der Waals surface area (Å²) in [6.07, 6.45) is -3.95. The average Bonchev–Trinajstić information content (AvgIpc) is 2.61. The highest BCUT2D eigenvalue weighted by atomic mass is 19.4. The zero-order chi connectivity index (χ0) is 19.6. The molecule has 146 valence electrons. The lowest BCUT2D eigenvalue weighted by molar-refractivity contribution is -0.138. The molecule has 3 rings (SSSR count). The first-order valence-electron chi connectivity index (χ1n) is 8.60. The minimum absolute atomic E-state index is 0.0684. The molecule has 3 heterocycles. The Hall–Kier alpha value is -2.65. The molecule has 1 aliphatic heterocycles. The quantitative estimate of drug-likeness (QED) is 0.818. The molecule has 0 bridgehead atoms. The molecule has 0 amide bonds. The Morgan fingerprint density at radius 3 is 2.33 bits per heavy atom. The number of rotatable bonds is 4. The van der Waals surface area contributed by atoms with E-state index >= 15 is 0 Å². The molecule has 0 radical (unpaired) electrons. The number of anilines is 3. The molecule has 10 heteroatoms. The molecule has 0 spiro atoms. The summed E-state index contributed by atoms with van der Waals surface area (Å²) in [5.74, 6) is 0.269. The van der Waals surface area contributed by atoms with E-state index in [1.54, 1.807) is 4.90 Å². The molecule has 0 aliphatic carbocycles. The standard InChI is InChI=1S/C17H20F4N6/c1-3-22-14-8-11(2)24-16(25-14)27-6-4-26(5-7-27)15-13(18)9-12(10-23-15)17(19,20)21/h8-10H,3-7H2,1-2H3,(H,22,24,25). The van der Waals surface area contributed by atoms with Crippen LogP contribution in [0.4, 0.5) is 35.1 Å². The Labute approximate surface area is 154 Å². The van der Waals surface area contributed by atoms with Crippen molar-refractivity contribution in [3.05, 3.63) is 35.4 Å². The van der Waals surface area contributed by atoms with Crippen molar-refractivity contribution in [2.24, 2.45) is 0 Å². The van der Waals surface area contributed by atoms with E-state index in [-0.39, 0.29) is 5.82 Å². The summed E-state index contributed by atoms with van der Waals surface area (Å²) in [4.78, 5) is 16.2. The van der Waals surface area contributed by atoms with E-state index in [2.05, 4.69) is 20.3 Å². The first-order chi connectivity index (χ1) is 12.8. The van der Waals surface area contributed by atoms with Gasteiger partial charge in [0.25, 0.3) is 0 Å². The summed E-state index contributed by atoms with van der Waals surface area (Å²) in [5.41, 5.74) is -0.264. The predicted molar refractivity (Wildman–Crippen MR) is 94.6 cm³/mol. The van der Waals surface area contributed by atoms with E-state index in [1.807, 2.05) is 24.8 Å². The lowest BCUT2D eigenvalue weighted by Gasteiger charge is -2.35. The number of aryl methyl sites for hydroxylation is 1. The highest BCUT2D eigenvalue weighted by molar-refractivity contribution is 5.47. The molecular weight excluding hydrogens is 364 g/mol. The van der Waals surface area contributed by atoms with E-state index in [4.69, 9.17) is 0 Å². The highest BCUT2D eigenvalue weighted by Crippen LogP contribution is 2.31. The first-order valence-corrected chi connectivity index (χ1v) is 8.60. The molecule has 27 heavy (non-hydrogen) atoms. The van der Waals surface area contributed by atoms with Gasteiger partial charge in [0.1, 0.15) is 5.82 Å². The van der Waals surface area contributed by atoms with Crippen molar-refractivity contribution in [2.75, 3.05) is 47.8 Å². The topological polar surface area (TPSA) is 57.2 Å². The minimum atomic E-state index is -4.61. The Balaban J connectivity index is 1.71. The van der Waals surface area contributed by atoms with Gasteiger partial charge in [0.2, 0.25) is 5.95 Å². The fourth-order valence-electron chi connectivity index (χ4n) is 2.90. The zero-order valence-corrected chi connectivity index (χ0v) is 15.0. The molecule has 0 unspecified atom stereocenters. The minimum Gasteiger partial charge on any atom is -0.370 e. The van der Waals surface area contributed by atoms with Gasteiger partial charge in [-0.25, -0.2) is 14.4 Å². The fraction of sp³-hybridized carbons (Fsp3) is 0.471. The van der Waals surface area contributed by atoms with Crippen molar-refractivity contribution in [1.82, 2.24) is 15.0 Å². The van der Waals surface area contributed by atoms with Crippen LogP contribution < -0.4 is 15.1 Å². The van der Waals surface area contributed by atoms with Crippen LogP contribution in [0.2, 0.25) is 0 Å². The number of nitrogens with zero attached hydrogens (tertiary/aromatic N) is 5. The van der Waals surface area contributed by atoms with Crippen LogP contribution in [0, 0.1) is 12.7 Å². The molecule has 0 saturated carbocycles. The Morgan fingerprint density at radius 2 is 1.74 bits per heavy atom. The summed E-state index contributed by atoms with van der Waals surface area (Å²) in [6, 6.07) is 2.34. The van der Waals surface area contributed by atoms with E-state index in [0.717, 1.165) is 18.1 Å². The fourth-order valence-corrected chi connectivity index (χ4v) is 2.90. The molecule has 1 saturated heterocycles.